The Labute approximate surface area is 201 Å². The Balaban J connectivity index is 1.40. The average molecular weight is 474 g/mol. The Hall–Kier alpha value is -4.66. The van der Waals surface area contributed by atoms with Crippen molar-refractivity contribution in [1.82, 2.24) is 15.8 Å². The second kappa shape index (κ2) is 10.5. The SMILES string of the molecule is COc1cc2nccc(Nc3ccc(C(=O)NNC(=O)Cc4cccc(F)c4)cc3)c2cc1OC. The van der Waals surface area contributed by atoms with Gasteiger partial charge >= 0.3 is 0 Å². The smallest absolute Gasteiger partial charge is 0.269 e. The van der Waals surface area contributed by atoms with Crippen molar-refractivity contribution in [2.45, 2.75) is 6.42 Å². The number of nitrogens with zero attached hydrogens (tertiary/aromatic N) is 1. The minimum atomic E-state index is -0.477. The molecule has 1 heterocycles. The minimum absolute atomic E-state index is 0.0581. The summed E-state index contributed by atoms with van der Waals surface area (Å²) in [5.74, 6) is -0.189. The summed E-state index contributed by atoms with van der Waals surface area (Å²) in [6.07, 6.45) is 1.63. The fraction of sp³-hybridized carbons (Fsp3) is 0.115. The molecule has 2 amide bonds. The Bertz CT molecular complexity index is 1380. The molecule has 0 saturated heterocycles. The van der Waals surface area contributed by atoms with Crippen LogP contribution in [0.25, 0.3) is 10.9 Å². The molecule has 0 aliphatic carbocycles. The van der Waals surface area contributed by atoms with Gasteiger partial charge in [-0.2, -0.15) is 0 Å². The van der Waals surface area contributed by atoms with E-state index in [-0.39, 0.29) is 6.42 Å². The van der Waals surface area contributed by atoms with Gasteiger partial charge in [-0.05, 0) is 54.1 Å². The van der Waals surface area contributed by atoms with Gasteiger partial charge in [0, 0.05) is 34.6 Å². The number of halogens is 1. The Morgan fingerprint density at radius 1 is 0.914 bits per heavy atom. The lowest BCUT2D eigenvalue weighted by Gasteiger charge is -2.13. The van der Waals surface area contributed by atoms with Gasteiger partial charge in [0.1, 0.15) is 5.82 Å². The van der Waals surface area contributed by atoms with E-state index in [9.17, 15) is 14.0 Å². The van der Waals surface area contributed by atoms with Gasteiger partial charge in [-0.25, -0.2) is 4.39 Å². The zero-order valence-electron chi connectivity index (χ0n) is 19.1. The molecular weight excluding hydrogens is 451 g/mol. The number of nitrogens with one attached hydrogen (secondary N) is 3. The molecule has 0 atom stereocenters. The number of anilines is 2. The molecule has 1 aromatic heterocycles. The molecule has 0 spiro atoms. The molecule has 0 fully saturated rings. The predicted molar refractivity (Wildman–Crippen MR) is 130 cm³/mol. The number of methoxy groups -OCH3 is 2. The fourth-order valence-corrected chi connectivity index (χ4v) is 3.52. The van der Waals surface area contributed by atoms with E-state index in [4.69, 9.17) is 9.47 Å². The van der Waals surface area contributed by atoms with E-state index in [0.29, 0.717) is 22.6 Å². The first-order valence-corrected chi connectivity index (χ1v) is 10.7. The lowest BCUT2D eigenvalue weighted by molar-refractivity contribution is -0.121. The normalized spacial score (nSPS) is 10.5. The summed E-state index contributed by atoms with van der Waals surface area (Å²) in [7, 11) is 3.14. The highest BCUT2D eigenvalue weighted by atomic mass is 19.1. The van der Waals surface area contributed by atoms with Crippen LogP contribution in [0.5, 0.6) is 11.5 Å². The molecule has 0 aliphatic heterocycles. The zero-order valence-corrected chi connectivity index (χ0v) is 19.1. The van der Waals surface area contributed by atoms with E-state index in [0.717, 1.165) is 22.3 Å². The van der Waals surface area contributed by atoms with Gasteiger partial charge in [-0.3, -0.25) is 25.4 Å². The predicted octanol–water partition coefficient (Wildman–Crippen LogP) is 4.14. The molecule has 178 valence electrons. The maximum atomic E-state index is 13.2. The lowest BCUT2D eigenvalue weighted by Crippen LogP contribution is -2.42. The van der Waals surface area contributed by atoms with Gasteiger partial charge in [-0.1, -0.05) is 12.1 Å². The Kier molecular flexibility index (Phi) is 7.06. The topological polar surface area (TPSA) is 102 Å². The number of fused-ring (bicyclic) bond motifs is 1. The van der Waals surface area contributed by atoms with Crippen molar-refractivity contribution < 1.29 is 23.5 Å². The largest absolute Gasteiger partial charge is 0.493 e. The third-order valence-electron chi connectivity index (χ3n) is 5.24. The van der Waals surface area contributed by atoms with Gasteiger partial charge < -0.3 is 14.8 Å². The monoisotopic (exact) mass is 474 g/mol. The second-order valence-electron chi connectivity index (χ2n) is 7.59. The van der Waals surface area contributed by atoms with Crippen LogP contribution in [0.2, 0.25) is 0 Å². The Morgan fingerprint density at radius 3 is 2.37 bits per heavy atom. The third kappa shape index (κ3) is 5.64. The number of carbonyl (C=O) groups excluding carboxylic acids is 2. The van der Waals surface area contributed by atoms with Gasteiger partial charge in [0.15, 0.2) is 11.5 Å². The van der Waals surface area contributed by atoms with Crippen molar-refractivity contribution >= 4 is 34.1 Å². The summed E-state index contributed by atoms with van der Waals surface area (Å²) >= 11 is 0. The highest BCUT2D eigenvalue weighted by Crippen LogP contribution is 2.35. The van der Waals surface area contributed by atoms with Crippen LogP contribution >= 0.6 is 0 Å². The van der Waals surface area contributed by atoms with Crippen LogP contribution in [0.15, 0.2) is 72.9 Å². The molecule has 35 heavy (non-hydrogen) atoms. The standard InChI is InChI=1S/C26H23FN4O4/c1-34-23-14-20-21(10-11-28-22(20)15-24(23)35-2)29-19-8-6-17(7-9-19)26(33)31-30-25(32)13-16-4-3-5-18(27)12-16/h3-12,14-15H,13H2,1-2H3,(H,28,29)(H,30,32)(H,31,33). The molecule has 8 nitrogen and oxygen atoms in total. The maximum Gasteiger partial charge on any atom is 0.269 e. The molecule has 4 aromatic rings. The van der Waals surface area contributed by atoms with Crippen molar-refractivity contribution in [3.05, 3.63) is 89.9 Å². The van der Waals surface area contributed by atoms with Crippen LogP contribution in [0, 0.1) is 5.82 Å². The quantitative estimate of drug-likeness (QED) is 0.348. The molecule has 3 aromatic carbocycles. The molecule has 0 saturated carbocycles. The zero-order chi connectivity index (χ0) is 24.8. The first-order valence-electron chi connectivity index (χ1n) is 10.7. The molecule has 0 unspecified atom stereocenters. The number of hydrogen-bond acceptors (Lipinski definition) is 6. The summed E-state index contributed by atoms with van der Waals surface area (Å²) < 4.78 is 24.0. The van der Waals surface area contributed by atoms with E-state index in [1.807, 2.05) is 12.1 Å². The number of aromatic nitrogens is 1. The first kappa shape index (κ1) is 23.5. The van der Waals surface area contributed by atoms with E-state index in [1.165, 1.54) is 18.2 Å². The Morgan fingerprint density at radius 2 is 1.66 bits per heavy atom. The van der Waals surface area contributed by atoms with Gasteiger partial charge in [0.25, 0.3) is 5.91 Å². The lowest BCUT2D eigenvalue weighted by atomic mass is 10.1. The van der Waals surface area contributed by atoms with E-state index in [2.05, 4.69) is 21.2 Å². The summed E-state index contributed by atoms with van der Waals surface area (Å²) in [5.41, 5.74) is 7.85. The highest BCUT2D eigenvalue weighted by Gasteiger charge is 2.11. The summed E-state index contributed by atoms with van der Waals surface area (Å²) in [6.45, 7) is 0. The number of carbonyl (C=O) groups is 2. The van der Waals surface area contributed by atoms with Gasteiger partial charge in [-0.15, -0.1) is 0 Å². The van der Waals surface area contributed by atoms with Crippen molar-refractivity contribution in [1.29, 1.82) is 0 Å². The number of hydrogen-bond donors (Lipinski definition) is 3. The van der Waals surface area contributed by atoms with Crippen LogP contribution in [0.1, 0.15) is 15.9 Å². The minimum Gasteiger partial charge on any atom is -0.493 e. The van der Waals surface area contributed by atoms with Gasteiger partial charge in [0.2, 0.25) is 5.91 Å². The van der Waals surface area contributed by atoms with Crippen LogP contribution in [0.3, 0.4) is 0 Å². The number of hydrazine groups is 1. The molecule has 4 rings (SSSR count). The summed E-state index contributed by atoms with van der Waals surface area (Å²) in [5, 5.41) is 4.16. The van der Waals surface area contributed by atoms with E-state index in [1.54, 1.807) is 56.8 Å². The van der Waals surface area contributed by atoms with Gasteiger partial charge in [0.05, 0.1) is 26.2 Å². The molecule has 0 radical (unpaired) electrons. The van der Waals surface area contributed by atoms with Crippen molar-refractivity contribution in [2.24, 2.45) is 0 Å². The molecule has 0 aliphatic rings. The fourth-order valence-electron chi connectivity index (χ4n) is 3.52. The van der Waals surface area contributed by atoms with E-state index < -0.39 is 17.6 Å². The van der Waals surface area contributed by atoms with E-state index >= 15 is 0 Å². The summed E-state index contributed by atoms with van der Waals surface area (Å²) in [6, 6.07) is 18.0. The third-order valence-corrected chi connectivity index (χ3v) is 5.24. The second-order valence-corrected chi connectivity index (χ2v) is 7.59. The number of pyridine rings is 1. The molecular formula is C26H23FN4O4. The summed E-state index contributed by atoms with van der Waals surface area (Å²) in [4.78, 5) is 28.8. The maximum absolute atomic E-state index is 13.2. The number of benzene rings is 3. The molecule has 3 N–H and O–H groups in total. The molecule has 0 bridgehead atoms. The van der Waals surface area contributed by atoms with Crippen molar-refractivity contribution in [3.63, 3.8) is 0 Å². The van der Waals surface area contributed by atoms with Crippen LogP contribution in [-0.2, 0) is 11.2 Å². The number of ether oxygens (including phenoxy) is 2. The van der Waals surface area contributed by atoms with Crippen LogP contribution in [0.4, 0.5) is 15.8 Å². The highest BCUT2D eigenvalue weighted by molar-refractivity contribution is 5.97. The van der Waals surface area contributed by atoms with Crippen molar-refractivity contribution in [3.8, 4) is 11.5 Å². The number of amides is 2. The van der Waals surface area contributed by atoms with Crippen LogP contribution < -0.4 is 25.6 Å². The van der Waals surface area contributed by atoms with Crippen LogP contribution in [-0.4, -0.2) is 31.0 Å². The average Bonchev–Trinajstić information content (AvgIpc) is 2.87. The molecule has 9 heteroatoms. The number of rotatable bonds is 7. The van der Waals surface area contributed by atoms with Crippen molar-refractivity contribution in [2.75, 3.05) is 19.5 Å². The first-order chi connectivity index (χ1) is 17.0.